The minimum absolute atomic E-state index is 0.128. The summed E-state index contributed by atoms with van der Waals surface area (Å²) in [7, 11) is -0.675. The number of benzene rings is 2. The highest BCUT2D eigenvalue weighted by Crippen LogP contribution is 2.29. The first-order valence-corrected chi connectivity index (χ1v) is 9.42. The Balaban J connectivity index is 2.07. The average Bonchev–Trinajstić information content (AvgIpc) is 2.62. The van der Waals surface area contributed by atoms with Gasteiger partial charge in [0.1, 0.15) is 5.75 Å². The number of nitrogens with one attached hydrogen (secondary N) is 1. The highest BCUT2D eigenvalue weighted by molar-refractivity contribution is 7.89. The minimum Gasteiger partial charge on any atom is -0.494 e. The molecule has 0 aliphatic rings. The largest absolute Gasteiger partial charge is 0.494 e. The van der Waals surface area contributed by atoms with E-state index < -0.39 is 10.0 Å². The second kappa shape index (κ2) is 8.73. The maximum Gasteiger partial charge on any atom is 0.240 e. The molecule has 2 aromatic carbocycles. The molecule has 0 saturated heterocycles. The van der Waals surface area contributed by atoms with Crippen LogP contribution in [0, 0.1) is 0 Å². The monoisotopic (exact) mass is 365 g/mol. The summed E-state index contributed by atoms with van der Waals surface area (Å²) >= 11 is 0. The van der Waals surface area contributed by atoms with Crippen LogP contribution in [0.25, 0.3) is 0 Å². The summed E-state index contributed by atoms with van der Waals surface area (Å²) in [4.78, 5) is 0.128. The van der Waals surface area contributed by atoms with E-state index in [-0.39, 0.29) is 11.4 Å². The zero-order valence-corrected chi connectivity index (χ0v) is 15.4. The Morgan fingerprint density at radius 1 is 0.960 bits per heavy atom. The zero-order valence-electron chi connectivity index (χ0n) is 14.6. The topological polar surface area (TPSA) is 73.9 Å². The summed E-state index contributed by atoms with van der Waals surface area (Å²) in [5.74, 6) is 1.62. The molecule has 0 fully saturated rings. The number of para-hydroxylation sites is 1. The highest BCUT2D eigenvalue weighted by Gasteiger charge is 2.17. The molecule has 2 rings (SSSR count). The van der Waals surface area contributed by atoms with Gasteiger partial charge in [-0.25, -0.2) is 13.1 Å². The fourth-order valence-electron chi connectivity index (χ4n) is 2.39. The maximum atomic E-state index is 12.5. The standard InChI is InChI=1S/C18H23NO5S/c1-4-24-16-8-6-5-7-14(16)11-12-19-25(20,21)15-9-10-17(22-2)18(13-15)23-3/h5-10,13,19H,4,11-12H2,1-3H3. The van der Waals surface area contributed by atoms with Gasteiger partial charge in [0.05, 0.1) is 25.7 Å². The van der Waals surface area contributed by atoms with Crippen molar-refractivity contribution in [2.75, 3.05) is 27.4 Å². The van der Waals surface area contributed by atoms with Crippen LogP contribution in [0.1, 0.15) is 12.5 Å². The van der Waals surface area contributed by atoms with Crippen molar-refractivity contribution in [3.8, 4) is 17.2 Å². The van der Waals surface area contributed by atoms with Gasteiger partial charge in [-0.1, -0.05) is 18.2 Å². The summed E-state index contributed by atoms with van der Waals surface area (Å²) in [6, 6.07) is 12.1. The lowest BCUT2D eigenvalue weighted by Gasteiger charge is -2.12. The van der Waals surface area contributed by atoms with Gasteiger partial charge in [-0.2, -0.15) is 0 Å². The summed E-state index contributed by atoms with van der Waals surface area (Å²) < 4.78 is 43.4. The number of ether oxygens (including phenoxy) is 3. The van der Waals surface area contributed by atoms with E-state index in [1.807, 2.05) is 31.2 Å². The van der Waals surface area contributed by atoms with Gasteiger partial charge in [0.2, 0.25) is 10.0 Å². The SMILES string of the molecule is CCOc1ccccc1CCNS(=O)(=O)c1ccc(OC)c(OC)c1. The van der Waals surface area contributed by atoms with E-state index in [2.05, 4.69) is 4.72 Å². The Hall–Kier alpha value is -2.25. The second-order valence-corrected chi connectivity index (χ2v) is 6.97. The molecule has 0 aromatic heterocycles. The van der Waals surface area contributed by atoms with Gasteiger partial charge in [-0.15, -0.1) is 0 Å². The Kier molecular flexibility index (Phi) is 6.66. The predicted molar refractivity (Wildman–Crippen MR) is 96.0 cm³/mol. The summed E-state index contributed by atoms with van der Waals surface area (Å²) in [5.41, 5.74) is 0.958. The Morgan fingerprint density at radius 3 is 2.36 bits per heavy atom. The Labute approximate surface area is 148 Å². The van der Waals surface area contributed by atoms with E-state index >= 15 is 0 Å². The number of hydrogen-bond donors (Lipinski definition) is 1. The third-order valence-corrected chi connectivity index (χ3v) is 5.08. The molecule has 1 N–H and O–H groups in total. The van der Waals surface area contributed by atoms with Gasteiger partial charge in [0, 0.05) is 12.6 Å². The number of hydrogen-bond acceptors (Lipinski definition) is 5. The van der Waals surface area contributed by atoms with E-state index in [4.69, 9.17) is 14.2 Å². The highest BCUT2D eigenvalue weighted by atomic mass is 32.2. The molecule has 0 spiro atoms. The van der Waals surface area contributed by atoms with Crippen LogP contribution in [0.4, 0.5) is 0 Å². The second-order valence-electron chi connectivity index (χ2n) is 5.21. The van der Waals surface area contributed by atoms with Crippen LogP contribution in [0.15, 0.2) is 47.4 Å². The Bertz CT molecular complexity index is 805. The van der Waals surface area contributed by atoms with Crippen LogP contribution >= 0.6 is 0 Å². The normalized spacial score (nSPS) is 11.2. The molecule has 0 heterocycles. The molecule has 25 heavy (non-hydrogen) atoms. The lowest BCUT2D eigenvalue weighted by molar-refractivity contribution is 0.336. The molecular formula is C18H23NO5S. The smallest absolute Gasteiger partial charge is 0.240 e. The molecule has 0 unspecified atom stereocenters. The molecular weight excluding hydrogens is 342 g/mol. The zero-order chi connectivity index (χ0) is 18.3. The predicted octanol–water partition coefficient (Wildman–Crippen LogP) is 2.62. The molecule has 2 aromatic rings. The molecule has 0 aliphatic heterocycles. The van der Waals surface area contributed by atoms with Crippen LogP contribution in [0.3, 0.4) is 0 Å². The number of rotatable bonds is 9. The molecule has 7 heteroatoms. The van der Waals surface area contributed by atoms with Crippen LogP contribution in [0.5, 0.6) is 17.2 Å². The molecule has 0 radical (unpaired) electrons. The first kappa shape index (κ1) is 19.1. The van der Waals surface area contributed by atoms with E-state index in [9.17, 15) is 8.42 Å². The first-order chi connectivity index (χ1) is 12.0. The van der Waals surface area contributed by atoms with Crippen LogP contribution in [-0.2, 0) is 16.4 Å². The maximum absolute atomic E-state index is 12.5. The quantitative estimate of drug-likeness (QED) is 0.739. The van der Waals surface area contributed by atoms with E-state index in [1.165, 1.54) is 26.4 Å². The molecule has 0 bridgehead atoms. The molecule has 6 nitrogen and oxygen atoms in total. The van der Waals surface area contributed by atoms with Gasteiger partial charge in [0.15, 0.2) is 11.5 Å². The van der Waals surface area contributed by atoms with Crippen molar-refractivity contribution in [3.63, 3.8) is 0 Å². The molecule has 136 valence electrons. The van der Waals surface area contributed by atoms with Gasteiger partial charge >= 0.3 is 0 Å². The van der Waals surface area contributed by atoms with Gasteiger partial charge < -0.3 is 14.2 Å². The van der Waals surface area contributed by atoms with Crippen molar-refractivity contribution >= 4 is 10.0 Å². The van der Waals surface area contributed by atoms with Crippen LogP contribution in [-0.4, -0.2) is 35.8 Å². The number of sulfonamides is 1. The third-order valence-electron chi connectivity index (χ3n) is 3.62. The van der Waals surface area contributed by atoms with Crippen molar-refractivity contribution in [2.24, 2.45) is 0 Å². The van der Waals surface area contributed by atoms with Gasteiger partial charge in [-0.3, -0.25) is 0 Å². The van der Waals surface area contributed by atoms with Crippen LogP contribution in [0.2, 0.25) is 0 Å². The average molecular weight is 365 g/mol. The molecule has 0 amide bonds. The summed E-state index contributed by atoms with van der Waals surface area (Å²) in [6.45, 7) is 2.74. The summed E-state index contributed by atoms with van der Waals surface area (Å²) in [6.07, 6.45) is 0.530. The fourth-order valence-corrected chi connectivity index (χ4v) is 3.44. The minimum atomic E-state index is -3.64. The summed E-state index contributed by atoms with van der Waals surface area (Å²) in [5, 5.41) is 0. The van der Waals surface area contributed by atoms with E-state index in [0.29, 0.717) is 24.5 Å². The molecule has 0 aliphatic carbocycles. The van der Waals surface area contributed by atoms with Crippen molar-refractivity contribution in [1.29, 1.82) is 0 Å². The lowest BCUT2D eigenvalue weighted by Crippen LogP contribution is -2.26. The van der Waals surface area contributed by atoms with Crippen molar-refractivity contribution < 1.29 is 22.6 Å². The van der Waals surface area contributed by atoms with E-state index in [0.717, 1.165) is 11.3 Å². The molecule has 0 saturated carbocycles. The van der Waals surface area contributed by atoms with Crippen molar-refractivity contribution in [3.05, 3.63) is 48.0 Å². The lowest BCUT2D eigenvalue weighted by atomic mass is 10.1. The van der Waals surface area contributed by atoms with Crippen molar-refractivity contribution in [1.82, 2.24) is 4.72 Å². The van der Waals surface area contributed by atoms with E-state index in [1.54, 1.807) is 6.07 Å². The van der Waals surface area contributed by atoms with Gasteiger partial charge in [0.25, 0.3) is 0 Å². The van der Waals surface area contributed by atoms with Crippen molar-refractivity contribution in [2.45, 2.75) is 18.2 Å². The van der Waals surface area contributed by atoms with Crippen LogP contribution < -0.4 is 18.9 Å². The van der Waals surface area contributed by atoms with Gasteiger partial charge in [-0.05, 0) is 37.1 Å². The first-order valence-electron chi connectivity index (χ1n) is 7.94. The Morgan fingerprint density at radius 2 is 1.68 bits per heavy atom. The third kappa shape index (κ3) is 4.87. The number of methoxy groups -OCH3 is 2. The molecule has 0 atom stereocenters. The fraction of sp³-hybridized carbons (Fsp3) is 0.333.